The summed E-state index contributed by atoms with van der Waals surface area (Å²) >= 11 is 1.15. The van der Waals surface area contributed by atoms with Crippen LogP contribution in [0.3, 0.4) is 0 Å². The maximum Gasteiger partial charge on any atom is 0.471 e. The van der Waals surface area contributed by atoms with E-state index in [4.69, 9.17) is 4.74 Å². The van der Waals surface area contributed by atoms with Crippen LogP contribution in [0.4, 0.5) is 18.0 Å². The van der Waals surface area contributed by atoms with Crippen LogP contribution in [0.25, 0.3) is 10.7 Å². The van der Waals surface area contributed by atoms with E-state index in [0.717, 1.165) is 11.3 Å². The molecule has 0 unspecified atom stereocenters. The Morgan fingerprint density at radius 3 is 2.61 bits per heavy atom. The lowest BCUT2D eigenvalue weighted by Crippen LogP contribution is -2.31. The molecule has 0 aromatic carbocycles. The number of carbonyl (C=O) groups is 1. The van der Waals surface area contributed by atoms with Crippen molar-refractivity contribution < 1.29 is 27.2 Å². The number of alkyl carbamates (subject to hydrolysis) is 1. The molecule has 0 aliphatic rings. The number of halogens is 3. The third kappa shape index (κ3) is 4.95. The monoisotopic (exact) mass is 349 g/mol. The highest BCUT2D eigenvalue weighted by molar-refractivity contribution is 7.15. The van der Waals surface area contributed by atoms with Gasteiger partial charge in [-0.05, 0) is 32.9 Å². The minimum Gasteiger partial charge on any atom is -0.444 e. The summed E-state index contributed by atoms with van der Waals surface area (Å²) in [5.41, 5.74) is -0.608. The quantitative estimate of drug-likeness (QED) is 0.911. The Morgan fingerprint density at radius 1 is 1.35 bits per heavy atom. The number of carbonyl (C=O) groups excluding carboxylic acids is 1. The number of amides is 1. The first kappa shape index (κ1) is 17.3. The Kier molecular flexibility index (Phi) is 4.64. The Balaban J connectivity index is 1.98. The van der Waals surface area contributed by atoms with Crippen molar-refractivity contribution in [3.63, 3.8) is 0 Å². The highest BCUT2D eigenvalue weighted by Crippen LogP contribution is 2.31. The van der Waals surface area contributed by atoms with Gasteiger partial charge < -0.3 is 14.6 Å². The number of nitrogens with one attached hydrogen (secondary N) is 1. The summed E-state index contributed by atoms with van der Waals surface area (Å²) in [4.78, 5) is 16.0. The van der Waals surface area contributed by atoms with Crippen LogP contribution in [0.2, 0.25) is 0 Å². The lowest BCUT2D eigenvalue weighted by Gasteiger charge is -2.19. The molecule has 2 rings (SSSR count). The fourth-order valence-electron chi connectivity index (χ4n) is 1.51. The minimum absolute atomic E-state index is 0.147. The van der Waals surface area contributed by atoms with Gasteiger partial charge in [0.15, 0.2) is 0 Å². The molecule has 6 nitrogen and oxygen atoms in total. The van der Waals surface area contributed by atoms with E-state index >= 15 is 0 Å². The van der Waals surface area contributed by atoms with E-state index in [-0.39, 0.29) is 12.4 Å². The summed E-state index contributed by atoms with van der Waals surface area (Å²) in [7, 11) is 0. The Bertz CT molecular complexity index is 688. The molecule has 0 radical (unpaired) electrons. The van der Waals surface area contributed by atoms with Gasteiger partial charge in [-0.3, -0.25) is 0 Å². The van der Waals surface area contributed by atoms with Crippen molar-refractivity contribution in [2.45, 2.75) is 39.1 Å². The van der Waals surface area contributed by atoms with Gasteiger partial charge in [-0.2, -0.15) is 18.2 Å². The Labute approximate surface area is 133 Å². The summed E-state index contributed by atoms with van der Waals surface area (Å²) in [5, 5.41) is 5.86. The van der Waals surface area contributed by atoms with Crippen LogP contribution >= 0.6 is 11.3 Å². The molecule has 0 aliphatic heterocycles. The fraction of sp³-hybridized carbons (Fsp3) is 0.462. The smallest absolute Gasteiger partial charge is 0.444 e. The molecule has 2 aromatic rings. The molecule has 0 saturated carbocycles. The van der Waals surface area contributed by atoms with E-state index in [9.17, 15) is 18.0 Å². The van der Waals surface area contributed by atoms with Gasteiger partial charge in [0.25, 0.3) is 0 Å². The van der Waals surface area contributed by atoms with Gasteiger partial charge in [-0.1, -0.05) is 5.16 Å². The summed E-state index contributed by atoms with van der Waals surface area (Å²) in [6.07, 6.45) is -5.25. The van der Waals surface area contributed by atoms with Gasteiger partial charge >= 0.3 is 18.2 Å². The fourth-order valence-corrected chi connectivity index (χ4v) is 2.38. The predicted octanol–water partition coefficient (Wildman–Crippen LogP) is 3.84. The van der Waals surface area contributed by atoms with Crippen LogP contribution in [0.15, 0.2) is 16.7 Å². The van der Waals surface area contributed by atoms with E-state index in [2.05, 4.69) is 20.0 Å². The molecule has 0 saturated heterocycles. The zero-order valence-electron chi connectivity index (χ0n) is 12.5. The maximum absolute atomic E-state index is 12.4. The van der Waals surface area contributed by atoms with Crippen LogP contribution in [0, 0.1) is 0 Å². The molecule has 0 aliphatic carbocycles. The summed E-state index contributed by atoms with van der Waals surface area (Å²) < 4.78 is 46.5. The number of thiophene rings is 1. The lowest BCUT2D eigenvalue weighted by molar-refractivity contribution is -0.159. The molecule has 10 heteroatoms. The molecule has 0 bridgehead atoms. The molecule has 0 spiro atoms. The largest absolute Gasteiger partial charge is 0.471 e. The first-order valence-corrected chi connectivity index (χ1v) is 7.33. The van der Waals surface area contributed by atoms with Crippen LogP contribution in [0.1, 0.15) is 31.5 Å². The van der Waals surface area contributed by atoms with E-state index < -0.39 is 23.8 Å². The van der Waals surface area contributed by atoms with Crippen molar-refractivity contribution in [2.24, 2.45) is 0 Å². The van der Waals surface area contributed by atoms with Crippen molar-refractivity contribution in [3.8, 4) is 10.7 Å². The van der Waals surface area contributed by atoms with Gasteiger partial charge in [-0.15, -0.1) is 11.3 Å². The number of nitrogens with zero attached hydrogens (tertiary/aromatic N) is 2. The van der Waals surface area contributed by atoms with Crippen LogP contribution in [-0.2, 0) is 17.5 Å². The van der Waals surface area contributed by atoms with E-state index in [1.807, 2.05) is 0 Å². The van der Waals surface area contributed by atoms with Gasteiger partial charge in [0.1, 0.15) is 5.60 Å². The van der Waals surface area contributed by atoms with Crippen molar-refractivity contribution >= 4 is 17.4 Å². The molecule has 0 fully saturated rings. The van der Waals surface area contributed by atoms with Crippen molar-refractivity contribution in [1.82, 2.24) is 15.5 Å². The van der Waals surface area contributed by atoms with Crippen molar-refractivity contribution in [2.75, 3.05) is 0 Å². The molecule has 0 atom stereocenters. The Hall–Kier alpha value is -2.10. The predicted molar refractivity (Wildman–Crippen MR) is 75.7 cm³/mol. The minimum atomic E-state index is -4.68. The summed E-state index contributed by atoms with van der Waals surface area (Å²) in [6.45, 7) is 5.41. The van der Waals surface area contributed by atoms with Crippen LogP contribution in [0.5, 0.6) is 0 Å². The Morgan fingerprint density at radius 2 is 2.04 bits per heavy atom. The number of hydrogen-bond donors (Lipinski definition) is 1. The van der Waals surface area contributed by atoms with Crippen LogP contribution < -0.4 is 5.32 Å². The second-order valence-electron chi connectivity index (χ2n) is 5.54. The molecular formula is C13H14F3N3O3S. The number of hydrogen-bond acceptors (Lipinski definition) is 6. The molecule has 126 valence electrons. The first-order chi connectivity index (χ1) is 10.5. The average molecular weight is 349 g/mol. The van der Waals surface area contributed by atoms with Crippen molar-refractivity contribution in [1.29, 1.82) is 0 Å². The SMILES string of the molecule is CC(C)(C)OC(=O)NCc1ccc(-c2noc(C(F)(F)F)n2)s1. The molecular weight excluding hydrogens is 335 g/mol. The zero-order chi connectivity index (χ0) is 17.3. The normalized spacial score (nSPS) is 12.3. The highest BCUT2D eigenvalue weighted by Gasteiger charge is 2.38. The van der Waals surface area contributed by atoms with Gasteiger partial charge in [0, 0.05) is 4.88 Å². The molecule has 1 amide bonds. The molecule has 23 heavy (non-hydrogen) atoms. The topological polar surface area (TPSA) is 77.2 Å². The number of ether oxygens (including phenoxy) is 1. The highest BCUT2D eigenvalue weighted by atomic mass is 32.1. The molecule has 2 aromatic heterocycles. The molecule has 2 heterocycles. The summed E-state index contributed by atoms with van der Waals surface area (Å²) in [5.74, 6) is -1.54. The van der Waals surface area contributed by atoms with Crippen molar-refractivity contribution in [3.05, 3.63) is 22.9 Å². The lowest BCUT2D eigenvalue weighted by atomic mass is 10.2. The van der Waals surface area contributed by atoms with E-state index in [1.165, 1.54) is 0 Å². The van der Waals surface area contributed by atoms with Crippen LogP contribution in [-0.4, -0.2) is 21.8 Å². The second kappa shape index (κ2) is 6.19. The average Bonchev–Trinajstić information content (AvgIpc) is 3.02. The van der Waals surface area contributed by atoms with Gasteiger partial charge in [-0.25, -0.2) is 4.79 Å². The first-order valence-electron chi connectivity index (χ1n) is 6.51. The van der Waals surface area contributed by atoms with Gasteiger partial charge in [0.05, 0.1) is 11.4 Å². The number of alkyl halides is 3. The summed E-state index contributed by atoms with van der Waals surface area (Å²) in [6, 6.07) is 3.21. The third-order valence-electron chi connectivity index (χ3n) is 2.36. The number of aromatic nitrogens is 2. The van der Waals surface area contributed by atoms with E-state index in [1.54, 1.807) is 32.9 Å². The zero-order valence-corrected chi connectivity index (χ0v) is 13.3. The maximum atomic E-state index is 12.4. The van der Waals surface area contributed by atoms with Gasteiger partial charge in [0.2, 0.25) is 5.82 Å². The molecule has 1 N–H and O–H groups in total. The second-order valence-corrected chi connectivity index (χ2v) is 6.71. The standard InChI is InChI=1S/C13H14F3N3O3S/c1-12(2,3)21-11(20)17-6-7-4-5-8(23-7)9-18-10(22-19-9)13(14,15)16/h4-5H,6H2,1-3H3,(H,17,20). The number of rotatable bonds is 3. The third-order valence-corrected chi connectivity index (χ3v) is 3.44. The van der Waals surface area contributed by atoms with E-state index in [0.29, 0.717) is 9.75 Å².